The minimum absolute atomic E-state index is 0.100. The molecule has 0 aliphatic carbocycles. The summed E-state index contributed by atoms with van der Waals surface area (Å²) < 4.78 is 10.8. The molecule has 0 radical (unpaired) electrons. The van der Waals surface area contributed by atoms with E-state index >= 15 is 0 Å². The molecule has 0 spiro atoms. The second-order valence-corrected chi connectivity index (χ2v) is 7.78. The zero-order chi connectivity index (χ0) is 22.6. The summed E-state index contributed by atoms with van der Waals surface area (Å²) in [6.45, 7) is 0.228. The Bertz CT molecular complexity index is 1370. The average molecular weight is 455 g/mol. The monoisotopic (exact) mass is 454 g/mol. The Balaban J connectivity index is 1.57. The number of aliphatic imine (C=N–C) groups is 2. The van der Waals surface area contributed by atoms with Crippen LogP contribution in [0.15, 0.2) is 101 Å². The maximum absolute atomic E-state index is 10.6. The first-order chi connectivity index (χ1) is 16.2. The summed E-state index contributed by atoms with van der Waals surface area (Å²) >= 11 is 6.23. The number of phenolic OH excluding ortho intramolecular Hbond substituents is 1. The fourth-order valence-electron chi connectivity index (χ4n) is 3.50. The smallest absolute Gasteiger partial charge is 0.231 e. The lowest BCUT2D eigenvalue weighted by molar-refractivity contribution is 0.174. The van der Waals surface area contributed by atoms with E-state index in [2.05, 4.69) is 4.99 Å². The van der Waals surface area contributed by atoms with Crippen molar-refractivity contribution in [1.82, 2.24) is 0 Å². The fraction of sp³-hybridized carbons (Fsp3) is 0.0370. The Morgan fingerprint density at radius 2 is 1.58 bits per heavy atom. The number of para-hydroxylation sites is 2. The lowest BCUT2D eigenvalue weighted by Crippen LogP contribution is -2.03. The fourth-order valence-corrected chi connectivity index (χ4v) is 3.67. The molecule has 5 rings (SSSR count). The molecule has 0 atom stereocenters. The lowest BCUT2D eigenvalue weighted by Gasteiger charge is -2.11. The number of fused-ring (bicyclic) bond motifs is 1. The van der Waals surface area contributed by atoms with Crippen molar-refractivity contribution in [2.24, 2.45) is 9.98 Å². The molecule has 0 bridgehead atoms. The van der Waals surface area contributed by atoms with Crippen LogP contribution < -0.4 is 9.47 Å². The summed E-state index contributed by atoms with van der Waals surface area (Å²) in [6, 6.07) is 27.9. The highest BCUT2D eigenvalue weighted by atomic mass is 35.5. The van der Waals surface area contributed by atoms with E-state index in [1.165, 1.54) is 0 Å². The topological polar surface area (TPSA) is 63.4 Å². The number of ether oxygens (including phenoxy) is 2. The molecular weight excluding hydrogens is 436 g/mol. The van der Waals surface area contributed by atoms with Gasteiger partial charge in [0.25, 0.3) is 0 Å². The van der Waals surface area contributed by atoms with Gasteiger partial charge in [-0.05, 0) is 54.1 Å². The van der Waals surface area contributed by atoms with E-state index in [4.69, 9.17) is 26.1 Å². The number of hydrogen-bond acceptors (Lipinski definition) is 5. The maximum atomic E-state index is 10.6. The molecule has 33 heavy (non-hydrogen) atoms. The number of phenols is 1. The van der Waals surface area contributed by atoms with Crippen LogP contribution in [0.4, 0.5) is 11.4 Å². The minimum Gasteiger partial charge on any atom is -0.507 e. The van der Waals surface area contributed by atoms with Gasteiger partial charge in [-0.1, -0.05) is 54.1 Å². The Labute approximate surface area is 196 Å². The average Bonchev–Trinajstić information content (AvgIpc) is 3.32. The molecule has 1 aliphatic heterocycles. The predicted molar refractivity (Wildman–Crippen MR) is 131 cm³/mol. The van der Waals surface area contributed by atoms with Crippen molar-refractivity contribution in [3.05, 3.63) is 113 Å². The first-order valence-corrected chi connectivity index (χ1v) is 10.7. The number of benzene rings is 4. The molecule has 1 heterocycles. The van der Waals surface area contributed by atoms with Crippen molar-refractivity contribution >= 4 is 34.9 Å². The van der Waals surface area contributed by atoms with Gasteiger partial charge in [0.05, 0.1) is 17.1 Å². The third-order valence-electron chi connectivity index (χ3n) is 5.12. The summed E-state index contributed by atoms with van der Waals surface area (Å²) in [5, 5.41) is 11.1. The SMILES string of the molecule is Oc1ccc(Cl)cc1C(=Nc1ccccc1N=Cc1ccc2c(c1)OCO2)c1ccccc1. The van der Waals surface area contributed by atoms with E-state index < -0.39 is 0 Å². The van der Waals surface area contributed by atoms with Crippen LogP contribution in [0.3, 0.4) is 0 Å². The van der Waals surface area contributed by atoms with Crippen LogP contribution in [0.25, 0.3) is 0 Å². The summed E-state index contributed by atoms with van der Waals surface area (Å²) in [4.78, 5) is 9.58. The molecule has 5 nitrogen and oxygen atoms in total. The molecule has 0 unspecified atom stereocenters. The highest BCUT2D eigenvalue weighted by Crippen LogP contribution is 2.34. The van der Waals surface area contributed by atoms with E-state index in [0.29, 0.717) is 33.4 Å². The number of aromatic hydroxyl groups is 1. The standard InChI is InChI=1S/C27H19ClN2O3/c28-20-11-12-24(31)21(15-20)27(19-6-2-1-3-7-19)30-23-9-5-4-8-22(23)29-16-18-10-13-25-26(14-18)33-17-32-25/h1-16,31H,17H2. The van der Waals surface area contributed by atoms with Gasteiger partial charge in [0, 0.05) is 22.4 Å². The van der Waals surface area contributed by atoms with Gasteiger partial charge < -0.3 is 14.6 Å². The Morgan fingerprint density at radius 1 is 0.818 bits per heavy atom. The van der Waals surface area contributed by atoms with Crippen molar-refractivity contribution in [1.29, 1.82) is 0 Å². The van der Waals surface area contributed by atoms with Crippen LogP contribution in [0, 0.1) is 0 Å². The molecule has 0 saturated carbocycles. The van der Waals surface area contributed by atoms with Crippen LogP contribution in [0.2, 0.25) is 5.02 Å². The van der Waals surface area contributed by atoms with Crippen molar-refractivity contribution in [2.45, 2.75) is 0 Å². The first kappa shape index (κ1) is 20.8. The zero-order valence-corrected chi connectivity index (χ0v) is 18.2. The highest BCUT2D eigenvalue weighted by molar-refractivity contribution is 6.31. The van der Waals surface area contributed by atoms with Gasteiger partial charge in [0.1, 0.15) is 5.75 Å². The van der Waals surface area contributed by atoms with Gasteiger partial charge in [0.15, 0.2) is 11.5 Å². The van der Waals surface area contributed by atoms with Crippen LogP contribution in [0.5, 0.6) is 17.2 Å². The summed E-state index contributed by atoms with van der Waals surface area (Å²) in [7, 11) is 0. The van der Waals surface area contributed by atoms with Crippen LogP contribution >= 0.6 is 11.6 Å². The van der Waals surface area contributed by atoms with Crippen molar-refractivity contribution in [3.63, 3.8) is 0 Å². The minimum atomic E-state index is 0.100. The number of halogens is 1. The lowest BCUT2D eigenvalue weighted by atomic mass is 10.0. The molecule has 4 aromatic carbocycles. The van der Waals surface area contributed by atoms with Gasteiger partial charge >= 0.3 is 0 Å². The van der Waals surface area contributed by atoms with Crippen molar-refractivity contribution in [2.75, 3.05) is 6.79 Å². The largest absolute Gasteiger partial charge is 0.507 e. The highest BCUT2D eigenvalue weighted by Gasteiger charge is 2.14. The van der Waals surface area contributed by atoms with Gasteiger partial charge in [-0.3, -0.25) is 4.99 Å². The second-order valence-electron chi connectivity index (χ2n) is 7.35. The van der Waals surface area contributed by atoms with Crippen LogP contribution in [-0.2, 0) is 0 Å². The zero-order valence-electron chi connectivity index (χ0n) is 17.5. The van der Waals surface area contributed by atoms with Crippen molar-refractivity contribution < 1.29 is 14.6 Å². The molecule has 0 saturated heterocycles. The van der Waals surface area contributed by atoms with Gasteiger partial charge in [-0.2, -0.15) is 0 Å². The van der Waals surface area contributed by atoms with Gasteiger partial charge in [-0.15, -0.1) is 0 Å². The van der Waals surface area contributed by atoms with E-state index in [9.17, 15) is 5.11 Å². The Hall–Kier alpha value is -4.09. The van der Waals surface area contributed by atoms with E-state index in [1.54, 1.807) is 24.4 Å². The van der Waals surface area contributed by atoms with Crippen LogP contribution in [0.1, 0.15) is 16.7 Å². The summed E-state index contributed by atoms with van der Waals surface area (Å²) in [5.74, 6) is 1.53. The van der Waals surface area contributed by atoms with E-state index in [0.717, 1.165) is 16.9 Å². The Kier molecular flexibility index (Phi) is 5.79. The second kappa shape index (κ2) is 9.18. The Morgan fingerprint density at radius 3 is 2.42 bits per heavy atom. The molecule has 162 valence electrons. The molecule has 0 fully saturated rings. The normalized spacial score (nSPS) is 12.9. The molecule has 4 aromatic rings. The molecule has 0 aromatic heterocycles. The first-order valence-electron chi connectivity index (χ1n) is 10.3. The molecule has 1 N–H and O–H groups in total. The number of hydrogen-bond donors (Lipinski definition) is 1. The summed E-state index contributed by atoms with van der Waals surface area (Å²) in [5.41, 5.74) is 4.22. The van der Waals surface area contributed by atoms with Crippen molar-refractivity contribution in [3.8, 4) is 17.2 Å². The third-order valence-corrected chi connectivity index (χ3v) is 5.36. The number of nitrogens with zero attached hydrogens (tertiary/aromatic N) is 2. The predicted octanol–water partition coefficient (Wildman–Crippen LogP) is 6.69. The van der Waals surface area contributed by atoms with Gasteiger partial charge in [0.2, 0.25) is 6.79 Å². The van der Waals surface area contributed by atoms with E-state index in [-0.39, 0.29) is 12.5 Å². The van der Waals surface area contributed by atoms with Gasteiger partial charge in [-0.25, -0.2) is 4.99 Å². The van der Waals surface area contributed by atoms with E-state index in [1.807, 2.05) is 72.8 Å². The molecule has 1 aliphatic rings. The third kappa shape index (κ3) is 4.59. The molecule has 6 heteroatoms. The number of rotatable bonds is 5. The summed E-state index contributed by atoms with van der Waals surface area (Å²) in [6.07, 6.45) is 1.76. The quantitative estimate of drug-likeness (QED) is 0.341. The molecular formula is C27H19ClN2O3. The van der Waals surface area contributed by atoms with Crippen LogP contribution in [-0.4, -0.2) is 23.8 Å². The maximum Gasteiger partial charge on any atom is 0.231 e. The molecule has 0 amide bonds.